The monoisotopic (exact) mass is 305 g/mol. The maximum Gasteiger partial charge on any atom is 0.251 e. The third-order valence-electron chi connectivity index (χ3n) is 3.93. The molecule has 0 aliphatic rings. The van der Waals surface area contributed by atoms with Crippen molar-refractivity contribution in [2.24, 2.45) is 0 Å². The van der Waals surface area contributed by atoms with Crippen molar-refractivity contribution in [2.75, 3.05) is 7.11 Å². The first-order valence-electron chi connectivity index (χ1n) is 7.57. The van der Waals surface area contributed by atoms with E-state index >= 15 is 0 Å². The Hall–Kier alpha value is -2.81. The van der Waals surface area contributed by atoms with Gasteiger partial charge < -0.3 is 9.30 Å². The van der Waals surface area contributed by atoms with E-state index in [-0.39, 0.29) is 5.56 Å². The van der Waals surface area contributed by atoms with Crippen molar-refractivity contribution < 1.29 is 4.74 Å². The van der Waals surface area contributed by atoms with Crippen molar-refractivity contribution in [3.8, 4) is 16.9 Å². The predicted octanol–water partition coefficient (Wildman–Crippen LogP) is 3.88. The number of pyridine rings is 1. The lowest BCUT2D eigenvalue weighted by atomic mass is 10.0. The highest BCUT2D eigenvalue weighted by Crippen LogP contribution is 2.24. The molecule has 3 aromatic rings. The molecule has 0 atom stereocenters. The summed E-state index contributed by atoms with van der Waals surface area (Å²) in [5.74, 6) is 0.823. The number of aryl methyl sites for hydroxylation is 1. The Bertz CT molecular complexity index is 849. The van der Waals surface area contributed by atoms with E-state index in [1.54, 1.807) is 17.7 Å². The number of aromatic nitrogens is 1. The molecule has 0 amide bonds. The molecule has 3 nitrogen and oxygen atoms in total. The summed E-state index contributed by atoms with van der Waals surface area (Å²) < 4.78 is 6.95. The second-order valence-electron chi connectivity index (χ2n) is 5.55. The molecule has 23 heavy (non-hydrogen) atoms. The Balaban J connectivity index is 2.00. The van der Waals surface area contributed by atoms with E-state index in [2.05, 4.69) is 0 Å². The maximum absolute atomic E-state index is 12.3. The van der Waals surface area contributed by atoms with Gasteiger partial charge in [-0.1, -0.05) is 42.5 Å². The molecule has 2 aromatic carbocycles. The van der Waals surface area contributed by atoms with Crippen LogP contribution in [0.5, 0.6) is 5.75 Å². The summed E-state index contributed by atoms with van der Waals surface area (Å²) in [6, 6.07) is 19.6. The maximum atomic E-state index is 12.3. The highest BCUT2D eigenvalue weighted by atomic mass is 16.5. The van der Waals surface area contributed by atoms with E-state index in [9.17, 15) is 4.79 Å². The second-order valence-corrected chi connectivity index (χ2v) is 5.55. The fourth-order valence-electron chi connectivity index (χ4n) is 2.64. The Morgan fingerprint density at radius 1 is 1.00 bits per heavy atom. The smallest absolute Gasteiger partial charge is 0.251 e. The lowest BCUT2D eigenvalue weighted by Crippen LogP contribution is -2.20. The van der Waals surface area contributed by atoms with Crippen LogP contribution < -0.4 is 10.3 Å². The number of benzene rings is 2. The van der Waals surface area contributed by atoms with Gasteiger partial charge in [-0.05, 0) is 35.7 Å². The topological polar surface area (TPSA) is 31.2 Å². The fraction of sp³-hybridized carbons (Fsp3) is 0.150. The van der Waals surface area contributed by atoms with E-state index in [0.29, 0.717) is 6.54 Å². The molecule has 3 rings (SSSR count). The first-order chi connectivity index (χ1) is 11.2. The van der Waals surface area contributed by atoms with Gasteiger partial charge in [0.25, 0.3) is 5.56 Å². The highest BCUT2D eigenvalue weighted by molar-refractivity contribution is 5.66. The van der Waals surface area contributed by atoms with Crippen molar-refractivity contribution in [3.05, 3.63) is 88.3 Å². The van der Waals surface area contributed by atoms with Gasteiger partial charge in [0, 0.05) is 17.8 Å². The van der Waals surface area contributed by atoms with Crippen LogP contribution in [0, 0.1) is 6.92 Å². The molecule has 0 bridgehead atoms. The number of hydrogen-bond donors (Lipinski definition) is 0. The zero-order valence-electron chi connectivity index (χ0n) is 13.3. The Labute approximate surface area is 135 Å². The summed E-state index contributed by atoms with van der Waals surface area (Å²) in [6.07, 6.45) is 1.94. The minimum Gasteiger partial charge on any atom is -0.497 e. The molecule has 0 spiro atoms. The van der Waals surface area contributed by atoms with Crippen LogP contribution in [0.15, 0.2) is 71.7 Å². The van der Waals surface area contributed by atoms with E-state index in [4.69, 9.17) is 4.74 Å². The quantitative estimate of drug-likeness (QED) is 0.732. The molecule has 3 heteroatoms. The van der Waals surface area contributed by atoms with Crippen molar-refractivity contribution in [2.45, 2.75) is 13.5 Å². The SMILES string of the molecule is COc1ccc(-c2cn(Cc3ccccc3)c(=O)cc2C)cc1. The van der Waals surface area contributed by atoms with E-state index in [1.807, 2.05) is 67.7 Å². The van der Waals surface area contributed by atoms with Crippen LogP contribution in [0.3, 0.4) is 0 Å². The standard InChI is InChI=1S/C20H19NO2/c1-15-12-20(22)21(13-16-6-4-3-5-7-16)14-19(15)17-8-10-18(23-2)11-9-17/h3-12,14H,13H2,1-2H3. The van der Waals surface area contributed by atoms with Gasteiger partial charge in [0.05, 0.1) is 13.7 Å². The molecule has 0 radical (unpaired) electrons. The van der Waals surface area contributed by atoms with Gasteiger partial charge in [-0.2, -0.15) is 0 Å². The van der Waals surface area contributed by atoms with Gasteiger partial charge in [0.2, 0.25) is 0 Å². The first kappa shape index (κ1) is 15.1. The zero-order valence-corrected chi connectivity index (χ0v) is 13.3. The molecule has 0 fully saturated rings. The van der Waals surface area contributed by atoms with Crippen molar-refractivity contribution in [3.63, 3.8) is 0 Å². The average molecular weight is 305 g/mol. The average Bonchev–Trinajstić information content (AvgIpc) is 2.58. The molecule has 0 saturated carbocycles. The number of rotatable bonds is 4. The number of ether oxygens (including phenoxy) is 1. The number of nitrogens with zero attached hydrogens (tertiary/aromatic N) is 1. The molecular weight excluding hydrogens is 286 g/mol. The lowest BCUT2D eigenvalue weighted by Gasteiger charge is -2.12. The Morgan fingerprint density at radius 2 is 1.70 bits per heavy atom. The number of hydrogen-bond acceptors (Lipinski definition) is 2. The summed E-state index contributed by atoms with van der Waals surface area (Å²) in [7, 11) is 1.65. The zero-order chi connectivity index (χ0) is 16.2. The molecule has 1 aromatic heterocycles. The summed E-state index contributed by atoms with van der Waals surface area (Å²) >= 11 is 0. The highest BCUT2D eigenvalue weighted by Gasteiger charge is 2.07. The molecule has 0 aliphatic carbocycles. The van der Waals surface area contributed by atoms with E-state index in [0.717, 1.165) is 28.0 Å². The van der Waals surface area contributed by atoms with Gasteiger partial charge in [-0.15, -0.1) is 0 Å². The molecule has 0 unspecified atom stereocenters. The van der Waals surface area contributed by atoms with Crippen molar-refractivity contribution >= 4 is 0 Å². The van der Waals surface area contributed by atoms with Crippen LogP contribution in [0.25, 0.3) is 11.1 Å². The van der Waals surface area contributed by atoms with Crippen LogP contribution in [-0.2, 0) is 6.54 Å². The van der Waals surface area contributed by atoms with Crippen LogP contribution >= 0.6 is 0 Å². The van der Waals surface area contributed by atoms with Crippen LogP contribution in [0.2, 0.25) is 0 Å². The third-order valence-corrected chi connectivity index (χ3v) is 3.93. The minimum atomic E-state index is 0.0172. The minimum absolute atomic E-state index is 0.0172. The normalized spacial score (nSPS) is 10.5. The molecule has 1 heterocycles. The van der Waals surface area contributed by atoms with Gasteiger partial charge in [-0.3, -0.25) is 4.79 Å². The molecule has 0 N–H and O–H groups in total. The summed E-state index contributed by atoms with van der Waals surface area (Å²) in [5.41, 5.74) is 4.24. The Kier molecular flexibility index (Phi) is 4.29. The fourth-order valence-corrected chi connectivity index (χ4v) is 2.64. The number of methoxy groups -OCH3 is 1. The van der Waals surface area contributed by atoms with Crippen molar-refractivity contribution in [1.29, 1.82) is 0 Å². The van der Waals surface area contributed by atoms with Crippen LogP contribution in [0.4, 0.5) is 0 Å². The van der Waals surface area contributed by atoms with Crippen molar-refractivity contribution in [1.82, 2.24) is 4.57 Å². The van der Waals surface area contributed by atoms with Gasteiger partial charge in [-0.25, -0.2) is 0 Å². The predicted molar refractivity (Wildman–Crippen MR) is 93.0 cm³/mol. The Morgan fingerprint density at radius 3 is 2.35 bits per heavy atom. The second kappa shape index (κ2) is 6.53. The molecular formula is C20H19NO2. The van der Waals surface area contributed by atoms with E-state index < -0.39 is 0 Å². The molecule has 0 aliphatic heterocycles. The molecule has 116 valence electrons. The lowest BCUT2D eigenvalue weighted by molar-refractivity contribution is 0.415. The summed E-state index contributed by atoms with van der Waals surface area (Å²) in [4.78, 5) is 12.3. The van der Waals surface area contributed by atoms with Crippen LogP contribution in [-0.4, -0.2) is 11.7 Å². The largest absolute Gasteiger partial charge is 0.497 e. The van der Waals surface area contributed by atoms with Gasteiger partial charge >= 0.3 is 0 Å². The summed E-state index contributed by atoms with van der Waals surface area (Å²) in [6.45, 7) is 2.54. The molecule has 0 saturated heterocycles. The van der Waals surface area contributed by atoms with Gasteiger partial charge in [0.15, 0.2) is 0 Å². The summed E-state index contributed by atoms with van der Waals surface area (Å²) in [5, 5.41) is 0. The first-order valence-corrected chi connectivity index (χ1v) is 7.57. The van der Waals surface area contributed by atoms with Gasteiger partial charge in [0.1, 0.15) is 5.75 Å². The van der Waals surface area contributed by atoms with E-state index in [1.165, 1.54) is 0 Å². The third kappa shape index (κ3) is 3.34. The van der Waals surface area contributed by atoms with Crippen LogP contribution in [0.1, 0.15) is 11.1 Å².